The SMILES string of the molecule is FC(F)(F)c1cc(NC(=S)NCc2ccc(Cl)cc2Cl)ccc1Cl. The van der Waals surface area contributed by atoms with Gasteiger partial charge in [-0.15, -0.1) is 0 Å². The summed E-state index contributed by atoms with van der Waals surface area (Å²) in [5, 5.41) is 6.28. The lowest BCUT2D eigenvalue weighted by Crippen LogP contribution is -2.28. The van der Waals surface area contributed by atoms with Crippen molar-refractivity contribution in [3.05, 3.63) is 62.6 Å². The van der Waals surface area contributed by atoms with Crippen LogP contribution in [0.25, 0.3) is 0 Å². The van der Waals surface area contributed by atoms with E-state index in [1.54, 1.807) is 18.2 Å². The standard InChI is InChI=1S/C15H10Cl3F3N2S/c16-9-2-1-8(13(18)5-9)7-22-14(24)23-10-3-4-12(17)11(6-10)15(19,20)21/h1-6H,7H2,(H2,22,23,24). The minimum absolute atomic E-state index is 0.150. The summed E-state index contributed by atoms with van der Waals surface area (Å²) in [6.07, 6.45) is -4.54. The van der Waals surface area contributed by atoms with Gasteiger partial charge in [-0.1, -0.05) is 40.9 Å². The summed E-state index contributed by atoms with van der Waals surface area (Å²) in [6.45, 7) is 0.293. The van der Waals surface area contributed by atoms with Crippen LogP contribution in [0.4, 0.5) is 18.9 Å². The molecule has 0 aliphatic carbocycles. The van der Waals surface area contributed by atoms with E-state index in [-0.39, 0.29) is 15.8 Å². The highest BCUT2D eigenvalue weighted by molar-refractivity contribution is 7.80. The van der Waals surface area contributed by atoms with Crippen LogP contribution in [-0.2, 0) is 12.7 Å². The molecule has 0 radical (unpaired) electrons. The number of thiocarbonyl (C=S) groups is 1. The van der Waals surface area contributed by atoms with Crippen molar-refractivity contribution in [2.45, 2.75) is 12.7 Å². The monoisotopic (exact) mass is 412 g/mol. The van der Waals surface area contributed by atoms with Gasteiger partial charge in [0.15, 0.2) is 5.11 Å². The molecule has 128 valence electrons. The number of rotatable bonds is 3. The first-order valence-electron chi connectivity index (χ1n) is 6.52. The number of hydrogen-bond acceptors (Lipinski definition) is 1. The highest BCUT2D eigenvalue weighted by Crippen LogP contribution is 2.36. The molecule has 0 saturated heterocycles. The summed E-state index contributed by atoms with van der Waals surface area (Å²) in [4.78, 5) is 0. The van der Waals surface area contributed by atoms with Crippen LogP contribution in [0.3, 0.4) is 0 Å². The van der Waals surface area contributed by atoms with Gasteiger partial charge in [0.05, 0.1) is 10.6 Å². The molecule has 9 heteroatoms. The fraction of sp³-hybridized carbons (Fsp3) is 0.133. The van der Waals surface area contributed by atoms with E-state index in [0.717, 1.165) is 17.7 Å². The molecule has 0 amide bonds. The molecule has 0 unspecified atom stereocenters. The van der Waals surface area contributed by atoms with Gasteiger partial charge >= 0.3 is 6.18 Å². The van der Waals surface area contributed by atoms with Crippen LogP contribution in [0, 0.1) is 0 Å². The van der Waals surface area contributed by atoms with Crippen molar-refractivity contribution < 1.29 is 13.2 Å². The number of benzene rings is 2. The largest absolute Gasteiger partial charge is 0.417 e. The molecule has 0 atom stereocenters. The van der Waals surface area contributed by atoms with Crippen molar-refractivity contribution >= 4 is 57.8 Å². The predicted molar refractivity (Wildman–Crippen MR) is 96.0 cm³/mol. The molecule has 0 aliphatic rings. The Hall–Kier alpha value is -1.21. The number of alkyl halides is 3. The van der Waals surface area contributed by atoms with Gasteiger partial charge in [0.1, 0.15) is 0 Å². The van der Waals surface area contributed by atoms with Crippen LogP contribution in [-0.4, -0.2) is 5.11 Å². The maximum Gasteiger partial charge on any atom is 0.417 e. The van der Waals surface area contributed by atoms with Gasteiger partial charge in [-0.25, -0.2) is 0 Å². The van der Waals surface area contributed by atoms with Gasteiger partial charge in [0.25, 0.3) is 0 Å². The third kappa shape index (κ3) is 5.14. The van der Waals surface area contributed by atoms with Crippen LogP contribution < -0.4 is 10.6 Å². The van der Waals surface area contributed by atoms with E-state index in [2.05, 4.69) is 10.6 Å². The third-order valence-corrected chi connectivity index (χ3v) is 4.15. The van der Waals surface area contributed by atoms with Crippen molar-refractivity contribution in [1.82, 2.24) is 5.32 Å². The second-order valence-electron chi connectivity index (χ2n) is 4.74. The molecule has 0 fully saturated rings. The molecule has 2 rings (SSSR count). The Morgan fingerprint density at radius 2 is 1.71 bits per heavy atom. The first kappa shape index (κ1) is 19.1. The van der Waals surface area contributed by atoms with Gasteiger partial charge in [0, 0.05) is 22.3 Å². The highest BCUT2D eigenvalue weighted by Gasteiger charge is 2.33. The predicted octanol–water partition coefficient (Wildman–Crippen LogP) is 6.15. The van der Waals surface area contributed by atoms with Gasteiger partial charge < -0.3 is 10.6 Å². The third-order valence-electron chi connectivity index (χ3n) is 2.98. The number of anilines is 1. The molecule has 2 aromatic rings. The number of hydrogen-bond donors (Lipinski definition) is 2. The number of nitrogens with one attached hydrogen (secondary N) is 2. The quantitative estimate of drug-likeness (QED) is 0.590. The molecule has 0 saturated carbocycles. The second-order valence-corrected chi connectivity index (χ2v) is 6.39. The topological polar surface area (TPSA) is 24.1 Å². The molecule has 0 aromatic heterocycles. The van der Waals surface area contributed by atoms with Crippen LogP contribution in [0.2, 0.25) is 15.1 Å². The Labute approximate surface area is 156 Å². The summed E-state index contributed by atoms with van der Waals surface area (Å²) in [7, 11) is 0. The molecular weight excluding hydrogens is 404 g/mol. The Bertz CT molecular complexity index is 766. The molecule has 0 aliphatic heterocycles. The lowest BCUT2D eigenvalue weighted by atomic mass is 10.2. The van der Waals surface area contributed by atoms with Crippen molar-refractivity contribution in [2.24, 2.45) is 0 Å². The maximum absolute atomic E-state index is 12.8. The van der Waals surface area contributed by atoms with E-state index >= 15 is 0 Å². The zero-order valence-electron chi connectivity index (χ0n) is 11.8. The van der Waals surface area contributed by atoms with Crippen molar-refractivity contribution in [3.8, 4) is 0 Å². The van der Waals surface area contributed by atoms with Crippen LogP contribution in [0.5, 0.6) is 0 Å². The van der Waals surface area contributed by atoms with Crippen LogP contribution in [0.15, 0.2) is 36.4 Å². The molecule has 0 bridgehead atoms. The van der Waals surface area contributed by atoms with E-state index in [4.69, 9.17) is 47.0 Å². The fourth-order valence-corrected chi connectivity index (χ4v) is 2.73. The zero-order chi connectivity index (χ0) is 17.9. The van der Waals surface area contributed by atoms with Gasteiger partial charge in [-0.2, -0.15) is 13.2 Å². The van der Waals surface area contributed by atoms with Crippen molar-refractivity contribution in [1.29, 1.82) is 0 Å². The highest BCUT2D eigenvalue weighted by atomic mass is 35.5. The van der Waals surface area contributed by atoms with E-state index in [0.29, 0.717) is 16.6 Å². The van der Waals surface area contributed by atoms with E-state index in [1.807, 2.05) is 0 Å². The minimum Gasteiger partial charge on any atom is -0.358 e. The van der Waals surface area contributed by atoms with E-state index in [1.165, 1.54) is 6.07 Å². The minimum atomic E-state index is -4.54. The lowest BCUT2D eigenvalue weighted by molar-refractivity contribution is -0.137. The van der Waals surface area contributed by atoms with Gasteiger partial charge in [-0.3, -0.25) is 0 Å². The Morgan fingerprint density at radius 1 is 1.00 bits per heavy atom. The molecule has 2 nitrogen and oxygen atoms in total. The van der Waals surface area contributed by atoms with Crippen LogP contribution >= 0.6 is 47.0 Å². The Morgan fingerprint density at radius 3 is 2.33 bits per heavy atom. The Kier molecular flexibility index (Phi) is 6.20. The summed E-state index contributed by atoms with van der Waals surface area (Å²) < 4.78 is 38.5. The summed E-state index contributed by atoms with van der Waals surface area (Å²) in [5.74, 6) is 0. The molecule has 0 spiro atoms. The number of halogens is 6. The molecule has 2 N–H and O–H groups in total. The van der Waals surface area contributed by atoms with Crippen LogP contribution in [0.1, 0.15) is 11.1 Å². The summed E-state index contributed by atoms with van der Waals surface area (Å²) in [6, 6.07) is 8.45. The molecule has 24 heavy (non-hydrogen) atoms. The van der Waals surface area contributed by atoms with Gasteiger partial charge in [-0.05, 0) is 48.1 Å². The van der Waals surface area contributed by atoms with E-state index < -0.39 is 11.7 Å². The summed E-state index contributed by atoms with van der Waals surface area (Å²) >= 11 is 22.5. The van der Waals surface area contributed by atoms with E-state index in [9.17, 15) is 13.2 Å². The molecule has 2 aromatic carbocycles. The fourth-order valence-electron chi connectivity index (χ4n) is 1.84. The lowest BCUT2D eigenvalue weighted by Gasteiger charge is -2.14. The average Bonchev–Trinajstić information content (AvgIpc) is 2.47. The van der Waals surface area contributed by atoms with Crippen molar-refractivity contribution in [3.63, 3.8) is 0 Å². The second kappa shape index (κ2) is 7.78. The smallest absolute Gasteiger partial charge is 0.358 e. The summed E-state index contributed by atoms with van der Waals surface area (Å²) in [5.41, 5.74) is -0.0126. The average molecular weight is 414 g/mol. The zero-order valence-corrected chi connectivity index (χ0v) is 14.9. The molecule has 0 heterocycles. The Balaban J connectivity index is 2.02. The first-order valence-corrected chi connectivity index (χ1v) is 8.06. The van der Waals surface area contributed by atoms with Crippen molar-refractivity contribution in [2.75, 3.05) is 5.32 Å². The first-order chi connectivity index (χ1) is 11.2. The normalized spacial score (nSPS) is 11.2. The van der Waals surface area contributed by atoms with Gasteiger partial charge in [0.2, 0.25) is 0 Å². The maximum atomic E-state index is 12.8. The molecular formula is C15H10Cl3F3N2S.